The van der Waals surface area contributed by atoms with E-state index in [1.807, 2.05) is 0 Å². The molecule has 0 aliphatic heterocycles. The van der Waals surface area contributed by atoms with Crippen LogP contribution >= 0.6 is 0 Å². The van der Waals surface area contributed by atoms with E-state index in [1.54, 1.807) is 13.0 Å². The van der Waals surface area contributed by atoms with Crippen molar-refractivity contribution >= 4 is 11.5 Å². The predicted molar refractivity (Wildman–Crippen MR) is 76.5 cm³/mol. The molecular weight excluding hydrogens is 244 g/mol. The van der Waals surface area contributed by atoms with Crippen LogP contribution in [0, 0.1) is 17.0 Å². The van der Waals surface area contributed by atoms with Gasteiger partial charge in [0.1, 0.15) is 11.5 Å². The lowest BCUT2D eigenvalue weighted by Crippen LogP contribution is -2.29. The molecule has 0 saturated carbocycles. The van der Waals surface area contributed by atoms with Crippen LogP contribution < -0.4 is 5.32 Å². The van der Waals surface area contributed by atoms with E-state index < -0.39 is 4.92 Å². The molecule has 0 radical (unpaired) electrons. The maximum atomic E-state index is 10.7. The van der Waals surface area contributed by atoms with E-state index in [9.17, 15) is 10.1 Å². The van der Waals surface area contributed by atoms with Crippen LogP contribution in [0.4, 0.5) is 11.5 Å². The van der Waals surface area contributed by atoms with E-state index in [1.165, 1.54) is 6.07 Å². The Morgan fingerprint density at radius 1 is 1.37 bits per heavy atom. The molecule has 1 aromatic rings. The van der Waals surface area contributed by atoms with Gasteiger partial charge in [-0.3, -0.25) is 10.1 Å². The van der Waals surface area contributed by atoms with E-state index in [-0.39, 0.29) is 5.69 Å². The highest BCUT2D eigenvalue weighted by Crippen LogP contribution is 2.17. The summed E-state index contributed by atoms with van der Waals surface area (Å²) in [7, 11) is 0. The number of aromatic nitrogens is 1. The van der Waals surface area contributed by atoms with Gasteiger partial charge in [-0.05, 0) is 32.5 Å². The fourth-order valence-electron chi connectivity index (χ4n) is 1.93. The quantitative estimate of drug-likeness (QED) is 0.578. The first kappa shape index (κ1) is 15.4. The van der Waals surface area contributed by atoms with Crippen LogP contribution in [0.3, 0.4) is 0 Å². The first-order valence-electron chi connectivity index (χ1n) is 6.66. The number of anilines is 1. The Balaban J connectivity index is 2.50. The summed E-state index contributed by atoms with van der Waals surface area (Å²) in [6.07, 6.45) is 1.14. The van der Waals surface area contributed by atoms with Crippen molar-refractivity contribution in [3.63, 3.8) is 0 Å². The van der Waals surface area contributed by atoms with Crippen LogP contribution in [-0.2, 0) is 0 Å². The third kappa shape index (κ3) is 4.82. The van der Waals surface area contributed by atoms with Gasteiger partial charge in [0.05, 0.1) is 4.92 Å². The van der Waals surface area contributed by atoms with E-state index >= 15 is 0 Å². The molecule has 6 heteroatoms. The molecule has 0 aliphatic rings. The highest BCUT2D eigenvalue weighted by atomic mass is 16.6. The maximum absolute atomic E-state index is 10.7. The highest BCUT2D eigenvalue weighted by molar-refractivity contribution is 5.44. The van der Waals surface area contributed by atoms with Crippen molar-refractivity contribution in [2.24, 2.45) is 0 Å². The Morgan fingerprint density at radius 3 is 2.63 bits per heavy atom. The van der Waals surface area contributed by atoms with Gasteiger partial charge in [-0.1, -0.05) is 13.8 Å². The summed E-state index contributed by atoms with van der Waals surface area (Å²) in [6.45, 7) is 9.81. The van der Waals surface area contributed by atoms with Crippen LogP contribution in [0.5, 0.6) is 0 Å². The van der Waals surface area contributed by atoms with Gasteiger partial charge in [0.2, 0.25) is 0 Å². The number of likely N-dealkylation sites (N-methyl/N-ethyl adjacent to an activating group) is 1. The first-order valence-corrected chi connectivity index (χ1v) is 6.66. The molecule has 19 heavy (non-hydrogen) atoms. The van der Waals surface area contributed by atoms with Crippen molar-refractivity contribution in [2.75, 3.05) is 31.5 Å². The van der Waals surface area contributed by atoms with Crippen LogP contribution in [-0.4, -0.2) is 41.0 Å². The number of aryl methyl sites for hydroxylation is 1. The van der Waals surface area contributed by atoms with Crippen LogP contribution in [0.2, 0.25) is 0 Å². The van der Waals surface area contributed by atoms with Gasteiger partial charge in [-0.25, -0.2) is 4.98 Å². The van der Waals surface area contributed by atoms with Crippen LogP contribution in [0.1, 0.15) is 26.0 Å². The summed E-state index contributed by atoms with van der Waals surface area (Å²) in [5.74, 6) is 0.690. The molecule has 1 heterocycles. The summed E-state index contributed by atoms with van der Waals surface area (Å²) in [5.41, 5.74) is 0.502. The minimum atomic E-state index is -0.411. The number of nitrogens with one attached hydrogen (secondary N) is 1. The second kappa shape index (κ2) is 7.68. The third-order valence-electron chi connectivity index (χ3n) is 2.98. The van der Waals surface area contributed by atoms with E-state index in [0.717, 1.165) is 32.6 Å². The monoisotopic (exact) mass is 266 g/mol. The fraction of sp³-hybridized carbons (Fsp3) is 0.615. The number of rotatable bonds is 8. The molecule has 0 unspecified atom stereocenters. The van der Waals surface area contributed by atoms with E-state index in [0.29, 0.717) is 11.5 Å². The standard InChI is InChI=1S/C13H22N4O2/c1-4-9-16(5-2)10-8-14-13-7-6-12(17(18)19)11(3)15-13/h6-7H,4-5,8-10H2,1-3H3,(H,14,15). The molecular formula is C13H22N4O2. The van der Waals surface area contributed by atoms with Crippen molar-refractivity contribution in [1.29, 1.82) is 0 Å². The van der Waals surface area contributed by atoms with Gasteiger partial charge in [0.25, 0.3) is 5.69 Å². The zero-order chi connectivity index (χ0) is 14.3. The van der Waals surface area contributed by atoms with Gasteiger partial charge in [-0.2, -0.15) is 0 Å². The molecule has 106 valence electrons. The van der Waals surface area contributed by atoms with Crippen molar-refractivity contribution in [2.45, 2.75) is 27.2 Å². The minimum absolute atomic E-state index is 0.0618. The van der Waals surface area contributed by atoms with E-state index in [4.69, 9.17) is 0 Å². The molecule has 0 atom stereocenters. The number of nitro groups is 1. The molecule has 0 saturated heterocycles. The Labute approximate surface area is 114 Å². The van der Waals surface area contributed by atoms with E-state index in [2.05, 4.69) is 29.0 Å². The Morgan fingerprint density at radius 2 is 2.11 bits per heavy atom. The zero-order valence-corrected chi connectivity index (χ0v) is 11.8. The Bertz CT molecular complexity index is 423. The lowest BCUT2D eigenvalue weighted by atomic mass is 10.3. The van der Waals surface area contributed by atoms with Crippen molar-refractivity contribution in [1.82, 2.24) is 9.88 Å². The molecule has 1 N–H and O–H groups in total. The maximum Gasteiger partial charge on any atom is 0.290 e. The summed E-state index contributed by atoms with van der Waals surface area (Å²) >= 11 is 0. The molecule has 1 aromatic heterocycles. The first-order chi connectivity index (χ1) is 9.08. The molecule has 0 amide bonds. The number of nitrogens with zero attached hydrogens (tertiary/aromatic N) is 3. The molecule has 0 fully saturated rings. The number of hydrogen-bond donors (Lipinski definition) is 1. The molecule has 0 aromatic carbocycles. The number of pyridine rings is 1. The van der Waals surface area contributed by atoms with Crippen molar-refractivity contribution in [3.05, 3.63) is 27.9 Å². The predicted octanol–water partition coefficient (Wildman–Crippen LogP) is 2.44. The average molecular weight is 266 g/mol. The largest absolute Gasteiger partial charge is 0.369 e. The van der Waals surface area contributed by atoms with Gasteiger partial charge in [0.15, 0.2) is 0 Å². The van der Waals surface area contributed by atoms with Gasteiger partial charge < -0.3 is 10.2 Å². The van der Waals surface area contributed by atoms with Gasteiger partial charge in [0, 0.05) is 19.2 Å². The summed E-state index contributed by atoms with van der Waals surface area (Å²) in [5, 5.41) is 13.9. The zero-order valence-electron chi connectivity index (χ0n) is 11.8. The second-order valence-corrected chi connectivity index (χ2v) is 4.42. The van der Waals surface area contributed by atoms with Crippen LogP contribution in [0.25, 0.3) is 0 Å². The SMILES string of the molecule is CCCN(CC)CCNc1ccc([N+](=O)[O-])c(C)n1. The smallest absolute Gasteiger partial charge is 0.290 e. The summed E-state index contributed by atoms with van der Waals surface area (Å²) in [6, 6.07) is 3.15. The fourth-order valence-corrected chi connectivity index (χ4v) is 1.93. The van der Waals surface area contributed by atoms with Gasteiger partial charge >= 0.3 is 0 Å². The third-order valence-corrected chi connectivity index (χ3v) is 2.98. The Kier molecular flexibility index (Phi) is 6.21. The normalized spacial score (nSPS) is 10.7. The van der Waals surface area contributed by atoms with Crippen molar-refractivity contribution in [3.8, 4) is 0 Å². The lowest BCUT2D eigenvalue weighted by molar-refractivity contribution is -0.385. The molecule has 0 spiro atoms. The minimum Gasteiger partial charge on any atom is -0.369 e. The topological polar surface area (TPSA) is 71.3 Å². The molecule has 0 bridgehead atoms. The number of hydrogen-bond acceptors (Lipinski definition) is 5. The van der Waals surface area contributed by atoms with Gasteiger partial charge in [-0.15, -0.1) is 0 Å². The van der Waals surface area contributed by atoms with Crippen molar-refractivity contribution < 1.29 is 4.92 Å². The average Bonchev–Trinajstić information content (AvgIpc) is 2.37. The molecule has 0 aliphatic carbocycles. The van der Waals surface area contributed by atoms with Crippen LogP contribution in [0.15, 0.2) is 12.1 Å². The molecule has 1 rings (SSSR count). The summed E-state index contributed by atoms with van der Waals surface area (Å²) < 4.78 is 0. The Hall–Kier alpha value is -1.69. The highest BCUT2D eigenvalue weighted by Gasteiger charge is 2.11. The second-order valence-electron chi connectivity index (χ2n) is 4.42. The summed E-state index contributed by atoms with van der Waals surface area (Å²) in [4.78, 5) is 16.8. The lowest BCUT2D eigenvalue weighted by Gasteiger charge is -2.19. The molecule has 6 nitrogen and oxygen atoms in total.